The van der Waals surface area contributed by atoms with Gasteiger partial charge in [0.1, 0.15) is 11.6 Å². The van der Waals surface area contributed by atoms with Crippen molar-refractivity contribution in [2.45, 2.75) is 19.8 Å². The van der Waals surface area contributed by atoms with Crippen molar-refractivity contribution in [1.82, 2.24) is 14.8 Å². The van der Waals surface area contributed by atoms with Crippen molar-refractivity contribution in [3.05, 3.63) is 77.4 Å². The van der Waals surface area contributed by atoms with E-state index in [4.69, 9.17) is 0 Å². The molecule has 120 valence electrons. The monoisotopic (exact) mass is 320 g/mol. The summed E-state index contributed by atoms with van der Waals surface area (Å²) in [6.07, 6.45) is 2.12. The molecular formula is C19H17FN4. The van der Waals surface area contributed by atoms with Crippen LogP contribution in [-0.2, 0) is 0 Å². The minimum atomic E-state index is -0.315. The third-order valence-corrected chi connectivity index (χ3v) is 3.93. The summed E-state index contributed by atoms with van der Waals surface area (Å²) < 4.78 is 15.8. The SMILES string of the molecule is Cc1nc(Nc2ccccc2F)n(C(=C2CC2)c2ccccc2)n1. The van der Waals surface area contributed by atoms with Gasteiger partial charge in [0, 0.05) is 5.56 Å². The van der Waals surface area contributed by atoms with Gasteiger partial charge < -0.3 is 5.32 Å². The Hall–Kier alpha value is -2.95. The Kier molecular flexibility index (Phi) is 3.61. The average molecular weight is 320 g/mol. The first-order valence-corrected chi connectivity index (χ1v) is 7.95. The summed E-state index contributed by atoms with van der Waals surface area (Å²) in [4.78, 5) is 4.44. The smallest absolute Gasteiger partial charge is 0.230 e. The summed E-state index contributed by atoms with van der Waals surface area (Å²) in [7, 11) is 0. The Balaban J connectivity index is 1.79. The number of aryl methyl sites for hydroxylation is 1. The van der Waals surface area contributed by atoms with Gasteiger partial charge in [-0.05, 0) is 37.5 Å². The fraction of sp³-hybridized carbons (Fsp3) is 0.158. The molecule has 0 aliphatic heterocycles. The average Bonchev–Trinajstić information content (AvgIpc) is 3.35. The quantitative estimate of drug-likeness (QED) is 0.768. The predicted octanol–water partition coefficient (Wildman–Crippen LogP) is 4.52. The highest BCUT2D eigenvalue weighted by Gasteiger charge is 2.24. The molecule has 4 rings (SSSR count). The van der Waals surface area contributed by atoms with Gasteiger partial charge in [-0.2, -0.15) is 9.67 Å². The number of rotatable bonds is 4. The Labute approximate surface area is 139 Å². The number of halogens is 1. The second-order valence-corrected chi connectivity index (χ2v) is 5.82. The van der Waals surface area contributed by atoms with Gasteiger partial charge in [-0.25, -0.2) is 4.39 Å². The summed E-state index contributed by atoms with van der Waals surface area (Å²) in [5.41, 5.74) is 3.85. The Bertz CT molecular complexity index is 906. The summed E-state index contributed by atoms with van der Waals surface area (Å²) in [5, 5.41) is 7.61. The van der Waals surface area contributed by atoms with Crippen molar-refractivity contribution >= 4 is 17.3 Å². The van der Waals surface area contributed by atoms with Crippen molar-refractivity contribution in [2.24, 2.45) is 0 Å². The molecule has 2 aromatic carbocycles. The number of benzene rings is 2. The van der Waals surface area contributed by atoms with E-state index in [0.717, 1.165) is 24.1 Å². The predicted molar refractivity (Wildman–Crippen MR) is 92.4 cm³/mol. The molecule has 1 N–H and O–H groups in total. The van der Waals surface area contributed by atoms with Crippen molar-refractivity contribution in [1.29, 1.82) is 0 Å². The molecule has 0 saturated heterocycles. The maximum absolute atomic E-state index is 14.0. The van der Waals surface area contributed by atoms with E-state index in [9.17, 15) is 4.39 Å². The van der Waals surface area contributed by atoms with Crippen LogP contribution in [0.1, 0.15) is 24.2 Å². The summed E-state index contributed by atoms with van der Waals surface area (Å²) in [5.74, 6) is 0.851. The van der Waals surface area contributed by atoms with Crippen LogP contribution in [0.5, 0.6) is 0 Å². The molecule has 1 aliphatic rings. The summed E-state index contributed by atoms with van der Waals surface area (Å²) >= 11 is 0. The number of hydrogen-bond acceptors (Lipinski definition) is 3. The fourth-order valence-corrected chi connectivity index (χ4v) is 2.71. The Morgan fingerprint density at radius 3 is 2.46 bits per heavy atom. The van der Waals surface area contributed by atoms with Gasteiger partial charge in [-0.3, -0.25) is 0 Å². The molecule has 1 saturated carbocycles. The number of anilines is 2. The third-order valence-electron chi connectivity index (χ3n) is 3.93. The van der Waals surface area contributed by atoms with Gasteiger partial charge in [-0.15, -0.1) is 5.10 Å². The van der Waals surface area contributed by atoms with Crippen LogP contribution in [0, 0.1) is 12.7 Å². The number of aromatic nitrogens is 3. The normalized spacial score (nSPS) is 13.0. The molecule has 0 radical (unpaired) electrons. The van der Waals surface area contributed by atoms with E-state index in [-0.39, 0.29) is 5.82 Å². The highest BCUT2D eigenvalue weighted by molar-refractivity contribution is 5.74. The lowest BCUT2D eigenvalue weighted by molar-refractivity contribution is 0.631. The van der Waals surface area contributed by atoms with Crippen LogP contribution in [0.4, 0.5) is 16.0 Å². The first kappa shape index (κ1) is 14.6. The van der Waals surface area contributed by atoms with E-state index in [2.05, 4.69) is 27.5 Å². The highest BCUT2D eigenvalue weighted by Crippen LogP contribution is 2.38. The van der Waals surface area contributed by atoms with Crippen LogP contribution in [0.2, 0.25) is 0 Å². The molecule has 1 aliphatic carbocycles. The molecule has 0 atom stereocenters. The molecule has 0 spiro atoms. The van der Waals surface area contributed by atoms with Crippen molar-refractivity contribution in [2.75, 3.05) is 5.32 Å². The molecule has 1 heterocycles. The minimum Gasteiger partial charge on any atom is -0.322 e. The lowest BCUT2D eigenvalue weighted by Crippen LogP contribution is -2.07. The minimum absolute atomic E-state index is 0.315. The Morgan fingerprint density at radius 2 is 1.75 bits per heavy atom. The van der Waals surface area contributed by atoms with E-state index < -0.39 is 0 Å². The van der Waals surface area contributed by atoms with Crippen LogP contribution in [-0.4, -0.2) is 14.8 Å². The molecule has 4 nitrogen and oxygen atoms in total. The lowest BCUT2D eigenvalue weighted by Gasteiger charge is -2.12. The van der Waals surface area contributed by atoms with Crippen molar-refractivity contribution in [3.63, 3.8) is 0 Å². The van der Waals surface area contributed by atoms with E-state index in [1.54, 1.807) is 22.9 Å². The molecule has 3 aromatic rings. The maximum Gasteiger partial charge on any atom is 0.230 e. The lowest BCUT2D eigenvalue weighted by atomic mass is 10.1. The van der Waals surface area contributed by atoms with Gasteiger partial charge in [0.05, 0.1) is 11.4 Å². The maximum atomic E-state index is 14.0. The second-order valence-electron chi connectivity index (χ2n) is 5.82. The molecule has 24 heavy (non-hydrogen) atoms. The van der Waals surface area contributed by atoms with Gasteiger partial charge in [0.2, 0.25) is 5.95 Å². The van der Waals surface area contributed by atoms with E-state index in [0.29, 0.717) is 17.5 Å². The number of nitrogens with one attached hydrogen (secondary N) is 1. The van der Waals surface area contributed by atoms with Crippen LogP contribution in [0.25, 0.3) is 5.70 Å². The molecule has 5 heteroatoms. The van der Waals surface area contributed by atoms with E-state index in [1.807, 2.05) is 25.1 Å². The fourth-order valence-electron chi connectivity index (χ4n) is 2.71. The van der Waals surface area contributed by atoms with Gasteiger partial charge in [0.25, 0.3) is 0 Å². The van der Waals surface area contributed by atoms with Gasteiger partial charge in [0.15, 0.2) is 0 Å². The van der Waals surface area contributed by atoms with Crippen LogP contribution < -0.4 is 5.32 Å². The standard InChI is InChI=1S/C19H17FN4/c1-13-21-19(22-17-10-6-5-9-16(17)20)24(23-13)18(15-11-12-15)14-7-3-2-4-8-14/h2-10H,11-12H2,1H3,(H,21,22,23). The number of hydrogen-bond donors (Lipinski definition) is 1. The third kappa shape index (κ3) is 2.80. The molecule has 1 fully saturated rings. The largest absolute Gasteiger partial charge is 0.322 e. The summed E-state index contributed by atoms with van der Waals surface area (Å²) in [6, 6.07) is 16.7. The van der Waals surface area contributed by atoms with E-state index >= 15 is 0 Å². The zero-order valence-corrected chi connectivity index (χ0v) is 13.3. The number of para-hydroxylation sites is 1. The first-order chi connectivity index (χ1) is 11.7. The Morgan fingerprint density at radius 1 is 1.04 bits per heavy atom. The number of allylic oxidation sites excluding steroid dienone is 1. The molecule has 0 amide bonds. The zero-order valence-electron chi connectivity index (χ0n) is 13.3. The van der Waals surface area contributed by atoms with Gasteiger partial charge >= 0.3 is 0 Å². The molecular weight excluding hydrogens is 303 g/mol. The number of nitrogens with zero attached hydrogens (tertiary/aromatic N) is 3. The van der Waals surface area contributed by atoms with Crippen LogP contribution in [0.3, 0.4) is 0 Å². The molecule has 0 unspecified atom stereocenters. The van der Waals surface area contributed by atoms with E-state index in [1.165, 1.54) is 11.6 Å². The van der Waals surface area contributed by atoms with Crippen LogP contribution in [0.15, 0.2) is 60.2 Å². The molecule has 0 bridgehead atoms. The summed E-state index contributed by atoms with van der Waals surface area (Å²) in [6.45, 7) is 1.84. The van der Waals surface area contributed by atoms with Crippen LogP contribution >= 0.6 is 0 Å². The van der Waals surface area contributed by atoms with Gasteiger partial charge in [-0.1, -0.05) is 42.5 Å². The molecule has 1 aromatic heterocycles. The highest BCUT2D eigenvalue weighted by atomic mass is 19.1. The first-order valence-electron chi connectivity index (χ1n) is 7.95. The van der Waals surface area contributed by atoms with Crippen molar-refractivity contribution in [3.8, 4) is 0 Å². The van der Waals surface area contributed by atoms with Crippen molar-refractivity contribution < 1.29 is 4.39 Å². The zero-order chi connectivity index (χ0) is 16.5. The second kappa shape index (κ2) is 5.92. The topological polar surface area (TPSA) is 42.7 Å².